The summed E-state index contributed by atoms with van der Waals surface area (Å²) in [5.74, 6) is -0.230. The Morgan fingerprint density at radius 3 is 2.45 bits per heavy atom. The molecule has 6 nitrogen and oxygen atoms in total. The lowest BCUT2D eigenvalue weighted by atomic mass is 9.93. The standard InChI is InChI=1S/C23H25N3O3/c1-16-20(22(27)26(24(16)2)19-11-5-4-6-12-19)15-25-14-18-10-8-7-9-17(18)13-21(25)23(28)29-3/h4-12,21H,13-15H2,1-3H3/p+1/t21-/m1/s1. The van der Waals surface area contributed by atoms with Gasteiger partial charge in [-0.3, -0.25) is 9.48 Å². The van der Waals surface area contributed by atoms with Crippen molar-refractivity contribution in [2.24, 2.45) is 7.05 Å². The van der Waals surface area contributed by atoms with E-state index in [-0.39, 0.29) is 17.6 Å². The lowest BCUT2D eigenvalue weighted by Gasteiger charge is -2.31. The zero-order chi connectivity index (χ0) is 20.5. The minimum absolute atomic E-state index is 0.0359. The van der Waals surface area contributed by atoms with Gasteiger partial charge >= 0.3 is 5.97 Å². The van der Waals surface area contributed by atoms with Crippen LogP contribution in [0, 0.1) is 6.92 Å². The van der Waals surface area contributed by atoms with Crippen molar-refractivity contribution < 1.29 is 14.4 Å². The highest BCUT2D eigenvalue weighted by atomic mass is 16.5. The van der Waals surface area contributed by atoms with Crippen molar-refractivity contribution in [1.29, 1.82) is 0 Å². The van der Waals surface area contributed by atoms with Crippen LogP contribution >= 0.6 is 0 Å². The predicted molar refractivity (Wildman–Crippen MR) is 110 cm³/mol. The van der Waals surface area contributed by atoms with E-state index in [0.29, 0.717) is 19.5 Å². The number of para-hydroxylation sites is 1. The molecule has 2 atom stereocenters. The fraction of sp³-hybridized carbons (Fsp3) is 0.304. The largest absolute Gasteiger partial charge is 0.465 e. The van der Waals surface area contributed by atoms with Crippen LogP contribution in [-0.4, -0.2) is 28.5 Å². The first kappa shape index (κ1) is 19.2. The number of quaternary nitrogens is 1. The van der Waals surface area contributed by atoms with Gasteiger partial charge in [-0.1, -0.05) is 42.5 Å². The van der Waals surface area contributed by atoms with E-state index in [2.05, 4.69) is 12.1 Å². The predicted octanol–water partition coefficient (Wildman–Crippen LogP) is 1.17. The molecule has 6 heteroatoms. The highest BCUT2D eigenvalue weighted by molar-refractivity contribution is 5.74. The van der Waals surface area contributed by atoms with Crippen molar-refractivity contribution in [3.63, 3.8) is 0 Å². The Kier molecular flexibility index (Phi) is 5.11. The number of methoxy groups -OCH3 is 1. The van der Waals surface area contributed by atoms with Crippen LogP contribution in [0.25, 0.3) is 5.69 Å². The number of aromatic nitrogens is 2. The molecule has 150 valence electrons. The van der Waals surface area contributed by atoms with E-state index in [1.165, 1.54) is 18.2 Å². The van der Waals surface area contributed by atoms with Gasteiger partial charge in [0.25, 0.3) is 5.56 Å². The van der Waals surface area contributed by atoms with Gasteiger partial charge in [-0.05, 0) is 24.6 Å². The minimum atomic E-state index is -0.320. The fourth-order valence-corrected chi connectivity index (χ4v) is 4.29. The first-order chi connectivity index (χ1) is 14.0. The van der Waals surface area contributed by atoms with E-state index in [0.717, 1.165) is 21.8 Å². The maximum atomic E-state index is 13.3. The molecule has 1 aromatic heterocycles. The van der Waals surface area contributed by atoms with E-state index in [1.807, 2.05) is 61.1 Å². The summed E-state index contributed by atoms with van der Waals surface area (Å²) < 4.78 is 8.66. The number of nitrogens with one attached hydrogen (secondary N) is 1. The number of ether oxygens (including phenoxy) is 1. The monoisotopic (exact) mass is 392 g/mol. The summed E-state index contributed by atoms with van der Waals surface area (Å²) in [6.07, 6.45) is 0.622. The lowest BCUT2D eigenvalue weighted by Crippen LogP contribution is -3.15. The number of carbonyl (C=O) groups is 1. The van der Waals surface area contributed by atoms with Crippen LogP contribution in [0.2, 0.25) is 0 Å². The summed E-state index contributed by atoms with van der Waals surface area (Å²) in [7, 11) is 3.32. The molecule has 1 N–H and O–H groups in total. The SMILES string of the molecule is COC(=O)[C@H]1Cc2ccccc2C[NH+]1Cc1c(C)n(C)n(-c2ccccc2)c1=O. The third-order valence-electron chi connectivity index (χ3n) is 6.02. The van der Waals surface area contributed by atoms with Crippen LogP contribution < -0.4 is 10.5 Å². The Hall–Kier alpha value is -3.12. The molecule has 3 aromatic rings. The second-order valence-corrected chi connectivity index (χ2v) is 7.60. The molecule has 0 saturated heterocycles. The molecule has 0 amide bonds. The highest BCUT2D eigenvalue weighted by Gasteiger charge is 2.37. The van der Waals surface area contributed by atoms with Crippen LogP contribution in [-0.2, 0) is 36.1 Å². The summed E-state index contributed by atoms with van der Waals surface area (Å²) in [6.45, 7) is 3.13. The van der Waals surface area contributed by atoms with Crippen LogP contribution in [0.4, 0.5) is 0 Å². The molecule has 0 aliphatic carbocycles. The number of esters is 1. The average molecular weight is 392 g/mol. The average Bonchev–Trinajstić information content (AvgIpc) is 2.96. The molecule has 2 heterocycles. The van der Waals surface area contributed by atoms with Gasteiger partial charge in [0, 0.05) is 24.7 Å². The first-order valence-corrected chi connectivity index (χ1v) is 9.83. The Balaban J connectivity index is 1.73. The van der Waals surface area contributed by atoms with E-state index in [9.17, 15) is 9.59 Å². The van der Waals surface area contributed by atoms with Gasteiger partial charge in [-0.25, -0.2) is 9.48 Å². The van der Waals surface area contributed by atoms with Crippen molar-refractivity contribution in [2.45, 2.75) is 32.5 Å². The Labute approximate surface area is 169 Å². The number of rotatable bonds is 4. The normalized spacial score (nSPS) is 18.3. The lowest BCUT2D eigenvalue weighted by molar-refractivity contribution is -0.946. The van der Waals surface area contributed by atoms with Crippen molar-refractivity contribution in [1.82, 2.24) is 9.36 Å². The smallest absolute Gasteiger partial charge is 0.365 e. The molecule has 1 aliphatic rings. The van der Waals surface area contributed by atoms with Crippen molar-refractivity contribution in [3.05, 3.63) is 87.3 Å². The fourth-order valence-electron chi connectivity index (χ4n) is 4.29. The van der Waals surface area contributed by atoms with E-state index < -0.39 is 0 Å². The third kappa shape index (κ3) is 3.40. The van der Waals surface area contributed by atoms with Gasteiger partial charge in [0.05, 0.1) is 18.4 Å². The molecule has 2 aromatic carbocycles. The molecule has 0 radical (unpaired) electrons. The summed E-state index contributed by atoms with van der Waals surface area (Å²) >= 11 is 0. The zero-order valence-corrected chi connectivity index (χ0v) is 17.0. The van der Waals surface area contributed by atoms with Gasteiger partial charge in [0.2, 0.25) is 0 Å². The van der Waals surface area contributed by atoms with Crippen LogP contribution in [0.3, 0.4) is 0 Å². The number of nitrogens with zero attached hydrogens (tertiary/aromatic N) is 2. The Morgan fingerprint density at radius 1 is 1.10 bits per heavy atom. The molecule has 0 bridgehead atoms. The van der Waals surface area contributed by atoms with E-state index in [1.54, 1.807) is 4.68 Å². The number of hydrogen-bond donors (Lipinski definition) is 1. The maximum absolute atomic E-state index is 13.3. The number of fused-ring (bicyclic) bond motifs is 1. The van der Waals surface area contributed by atoms with E-state index >= 15 is 0 Å². The molecule has 0 spiro atoms. The summed E-state index contributed by atoms with van der Waals surface area (Å²) in [5, 5.41) is 0. The molecular weight excluding hydrogens is 366 g/mol. The van der Waals surface area contributed by atoms with E-state index in [4.69, 9.17) is 4.74 Å². The molecule has 29 heavy (non-hydrogen) atoms. The van der Waals surface area contributed by atoms with Crippen LogP contribution in [0.1, 0.15) is 22.4 Å². The number of benzene rings is 2. The van der Waals surface area contributed by atoms with Crippen LogP contribution in [0.5, 0.6) is 0 Å². The molecule has 1 unspecified atom stereocenters. The van der Waals surface area contributed by atoms with Gasteiger partial charge < -0.3 is 9.64 Å². The van der Waals surface area contributed by atoms with Gasteiger partial charge in [-0.15, -0.1) is 0 Å². The zero-order valence-electron chi connectivity index (χ0n) is 17.0. The van der Waals surface area contributed by atoms with Gasteiger partial charge in [0.15, 0.2) is 6.04 Å². The molecule has 4 rings (SSSR count). The summed E-state index contributed by atoms with van der Waals surface area (Å²) in [5.41, 5.74) is 4.84. The van der Waals surface area contributed by atoms with Crippen molar-refractivity contribution in [2.75, 3.05) is 7.11 Å². The highest BCUT2D eigenvalue weighted by Crippen LogP contribution is 2.16. The van der Waals surface area contributed by atoms with Gasteiger partial charge in [0.1, 0.15) is 13.1 Å². The molecular formula is C23H26N3O3+. The Bertz CT molecular complexity index is 1100. The summed E-state index contributed by atoms with van der Waals surface area (Å²) in [4.78, 5) is 26.8. The maximum Gasteiger partial charge on any atom is 0.365 e. The number of hydrogen-bond acceptors (Lipinski definition) is 3. The second-order valence-electron chi connectivity index (χ2n) is 7.60. The quantitative estimate of drug-likeness (QED) is 0.678. The molecule has 1 aliphatic heterocycles. The third-order valence-corrected chi connectivity index (χ3v) is 6.02. The van der Waals surface area contributed by atoms with Crippen LogP contribution in [0.15, 0.2) is 59.4 Å². The Morgan fingerprint density at radius 2 is 1.76 bits per heavy atom. The topological polar surface area (TPSA) is 57.7 Å². The molecule has 0 saturated carbocycles. The van der Waals surface area contributed by atoms with Crippen molar-refractivity contribution >= 4 is 5.97 Å². The molecule has 0 fully saturated rings. The van der Waals surface area contributed by atoms with Crippen molar-refractivity contribution in [3.8, 4) is 5.69 Å². The number of carbonyl (C=O) groups excluding carboxylic acids is 1. The summed E-state index contributed by atoms with van der Waals surface area (Å²) in [6, 6.07) is 17.5. The second kappa shape index (κ2) is 7.72. The van der Waals surface area contributed by atoms with Gasteiger partial charge in [-0.2, -0.15) is 0 Å². The minimum Gasteiger partial charge on any atom is -0.465 e. The first-order valence-electron chi connectivity index (χ1n) is 9.83.